The summed E-state index contributed by atoms with van der Waals surface area (Å²) in [5.41, 5.74) is 3.19. The Balaban J connectivity index is 1.40. The van der Waals surface area contributed by atoms with Crippen molar-refractivity contribution in [1.82, 2.24) is 15.2 Å². The summed E-state index contributed by atoms with van der Waals surface area (Å²) in [5, 5.41) is 4.18. The van der Waals surface area contributed by atoms with Crippen LogP contribution in [0.5, 0.6) is 0 Å². The second kappa shape index (κ2) is 7.22. The number of aromatic amines is 1. The van der Waals surface area contributed by atoms with Crippen LogP contribution in [0, 0.1) is 0 Å². The van der Waals surface area contributed by atoms with Crippen LogP contribution in [0.1, 0.15) is 24.3 Å². The molecule has 0 bridgehead atoms. The molecule has 0 saturated carbocycles. The molecule has 2 N–H and O–H groups in total. The number of carbonyl (C=O) groups excluding carboxylic acids is 1. The normalized spacial score (nSPS) is 20.3. The third-order valence-electron chi connectivity index (χ3n) is 4.73. The molecule has 0 spiro atoms. The van der Waals surface area contributed by atoms with Gasteiger partial charge in [0.05, 0.1) is 19.2 Å². The number of carbonyl (C=O) groups is 1. The van der Waals surface area contributed by atoms with Crippen molar-refractivity contribution in [1.29, 1.82) is 0 Å². The van der Waals surface area contributed by atoms with Crippen molar-refractivity contribution in [3.63, 3.8) is 0 Å². The van der Waals surface area contributed by atoms with Crippen LogP contribution < -0.4 is 5.32 Å². The summed E-state index contributed by atoms with van der Waals surface area (Å²) < 4.78 is 6.03. The summed E-state index contributed by atoms with van der Waals surface area (Å²) in [6, 6.07) is 20.2. The summed E-state index contributed by atoms with van der Waals surface area (Å²) in [6.07, 6.45) is -0.0773. The minimum Gasteiger partial charge on any atom is -0.367 e. The van der Waals surface area contributed by atoms with E-state index in [1.807, 2.05) is 60.4 Å². The van der Waals surface area contributed by atoms with Crippen molar-refractivity contribution < 1.29 is 9.53 Å². The number of benzene rings is 2. The minimum absolute atomic E-state index is 0.00721. The van der Waals surface area contributed by atoms with Crippen molar-refractivity contribution in [3.05, 3.63) is 71.9 Å². The average Bonchev–Trinajstić information content (AvgIpc) is 3.09. The largest absolute Gasteiger partial charge is 0.367 e. The van der Waals surface area contributed by atoms with Gasteiger partial charge in [0.1, 0.15) is 6.10 Å². The van der Waals surface area contributed by atoms with Gasteiger partial charge >= 0.3 is 6.03 Å². The number of nitrogens with zero attached hydrogens (tertiary/aromatic N) is 1. The van der Waals surface area contributed by atoms with Crippen molar-refractivity contribution in [3.8, 4) is 0 Å². The third-order valence-corrected chi connectivity index (χ3v) is 4.73. The molecule has 2 aromatic carbocycles. The van der Waals surface area contributed by atoms with Gasteiger partial charge in [0.15, 0.2) is 0 Å². The fourth-order valence-electron chi connectivity index (χ4n) is 3.48. The van der Waals surface area contributed by atoms with Gasteiger partial charge in [-0.2, -0.15) is 0 Å². The lowest BCUT2D eigenvalue weighted by Gasteiger charge is -2.37. The Bertz CT molecular complexity index is 857. The molecule has 0 unspecified atom stereocenters. The number of hydrogen-bond acceptors (Lipinski definition) is 2. The average molecular weight is 349 g/mol. The van der Waals surface area contributed by atoms with E-state index in [0.29, 0.717) is 19.6 Å². The highest BCUT2D eigenvalue weighted by Crippen LogP contribution is 2.25. The Labute approximate surface area is 153 Å². The van der Waals surface area contributed by atoms with Gasteiger partial charge in [-0.05, 0) is 30.0 Å². The number of morpholine rings is 1. The number of amides is 2. The Morgan fingerprint density at radius 3 is 2.73 bits per heavy atom. The predicted octanol–water partition coefficient (Wildman–Crippen LogP) is 3.84. The second-order valence-corrected chi connectivity index (χ2v) is 6.79. The highest BCUT2D eigenvalue weighted by Gasteiger charge is 2.29. The van der Waals surface area contributed by atoms with E-state index in [4.69, 9.17) is 4.74 Å². The first-order valence-electron chi connectivity index (χ1n) is 8.99. The van der Waals surface area contributed by atoms with Crippen LogP contribution in [0.15, 0.2) is 60.7 Å². The van der Waals surface area contributed by atoms with Gasteiger partial charge in [0.2, 0.25) is 0 Å². The molecule has 4 rings (SSSR count). The maximum atomic E-state index is 12.7. The summed E-state index contributed by atoms with van der Waals surface area (Å²) >= 11 is 0. The summed E-state index contributed by atoms with van der Waals surface area (Å²) in [5.74, 6) is 0. The van der Waals surface area contributed by atoms with Crippen molar-refractivity contribution in [2.75, 3.05) is 13.1 Å². The van der Waals surface area contributed by atoms with E-state index in [0.717, 1.165) is 22.2 Å². The second-order valence-electron chi connectivity index (χ2n) is 6.79. The van der Waals surface area contributed by atoms with Crippen LogP contribution >= 0.6 is 0 Å². The van der Waals surface area contributed by atoms with Crippen LogP contribution in [-0.2, 0) is 11.3 Å². The molecule has 0 aliphatic carbocycles. The Morgan fingerprint density at radius 2 is 1.92 bits per heavy atom. The number of nitrogens with one attached hydrogen (secondary N) is 2. The molecule has 2 amide bonds. The lowest BCUT2D eigenvalue weighted by atomic mass is 10.1. The zero-order valence-electron chi connectivity index (χ0n) is 14.8. The first-order valence-corrected chi connectivity index (χ1v) is 8.99. The lowest BCUT2D eigenvalue weighted by Crippen LogP contribution is -2.49. The topological polar surface area (TPSA) is 57.4 Å². The van der Waals surface area contributed by atoms with E-state index in [2.05, 4.69) is 22.4 Å². The molecule has 1 aliphatic rings. The Morgan fingerprint density at radius 1 is 1.15 bits per heavy atom. The molecule has 2 atom stereocenters. The predicted molar refractivity (Wildman–Crippen MR) is 102 cm³/mol. The highest BCUT2D eigenvalue weighted by atomic mass is 16.5. The molecule has 2 heterocycles. The molecule has 5 heteroatoms. The number of aromatic nitrogens is 1. The Kier molecular flexibility index (Phi) is 4.63. The van der Waals surface area contributed by atoms with Crippen LogP contribution in [-0.4, -0.2) is 35.1 Å². The molecule has 1 saturated heterocycles. The van der Waals surface area contributed by atoms with E-state index >= 15 is 0 Å². The molecule has 1 aliphatic heterocycles. The van der Waals surface area contributed by atoms with Crippen LogP contribution in [0.4, 0.5) is 4.79 Å². The van der Waals surface area contributed by atoms with Gasteiger partial charge in [-0.3, -0.25) is 0 Å². The smallest absolute Gasteiger partial charge is 0.317 e. The van der Waals surface area contributed by atoms with Crippen LogP contribution in [0.25, 0.3) is 10.9 Å². The van der Waals surface area contributed by atoms with Gasteiger partial charge in [0, 0.05) is 17.8 Å². The van der Waals surface area contributed by atoms with Gasteiger partial charge < -0.3 is 19.9 Å². The maximum absolute atomic E-state index is 12.7. The minimum atomic E-state index is -0.0845. The Hall–Kier alpha value is -2.79. The zero-order chi connectivity index (χ0) is 17.9. The molecular formula is C21H23N3O2. The van der Waals surface area contributed by atoms with Crippen molar-refractivity contribution >= 4 is 16.9 Å². The summed E-state index contributed by atoms with van der Waals surface area (Å²) in [6.45, 7) is 3.65. The summed E-state index contributed by atoms with van der Waals surface area (Å²) in [7, 11) is 0. The molecule has 1 fully saturated rings. The monoisotopic (exact) mass is 349 g/mol. The number of urea groups is 1. The lowest BCUT2D eigenvalue weighted by molar-refractivity contribution is -0.0657. The van der Waals surface area contributed by atoms with Gasteiger partial charge in [0.25, 0.3) is 0 Å². The van der Waals surface area contributed by atoms with E-state index in [9.17, 15) is 4.79 Å². The fraction of sp³-hybridized carbons (Fsp3) is 0.286. The molecule has 3 aromatic rings. The molecule has 0 radical (unpaired) electrons. The number of ether oxygens (including phenoxy) is 1. The molecule has 1 aromatic heterocycles. The van der Waals surface area contributed by atoms with Crippen LogP contribution in [0.2, 0.25) is 0 Å². The van der Waals surface area contributed by atoms with E-state index in [-0.39, 0.29) is 18.2 Å². The van der Waals surface area contributed by atoms with Gasteiger partial charge in [-0.15, -0.1) is 0 Å². The number of fused-ring (bicyclic) bond motifs is 1. The first-order chi connectivity index (χ1) is 12.7. The van der Waals surface area contributed by atoms with Crippen LogP contribution in [0.3, 0.4) is 0 Å². The number of rotatable bonds is 3. The fourth-order valence-corrected chi connectivity index (χ4v) is 3.48. The maximum Gasteiger partial charge on any atom is 0.317 e. The van der Waals surface area contributed by atoms with Crippen molar-refractivity contribution in [2.45, 2.75) is 25.7 Å². The van der Waals surface area contributed by atoms with E-state index in [1.54, 1.807) is 0 Å². The highest BCUT2D eigenvalue weighted by molar-refractivity contribution is 5.80. The standard InChI is InChI=1S/C21H23N3O2/c1-15-13-24(14-20(26-15)16-7-3-2-4-8-16)21(25)22-12-18-11-17-9-5-6-10-19(17)23-18/h2-11,15,20,23H,12-14H2,1H3,(H,22,25)/t15-,20-/m0/s1. The van der Waals surface area contributed by atoms with Gasteiger partial charge in [-0.1, -0.05) is 48.5 Å². The SMILES string of the molecule is C[C@H]1CN(C(=O)NCc2cc3ccccc3[nH]2)C[C@@H](c2ccccc2)O1. The first kappa shape index (κ1) is 16.7. The quantitative estimate of drug-likeness (QED) is 0.755. The third kappa shape index (κ3) is 3.58. The van der Waals surface area contributed by atoms with Crippen molar-refractivity contribution in [2.24, 2.45) is 0 Å². The van der Waals surface area contributed by atoms with E-state index in [1.165, 1.54) is 0 Å². The molecule has 5 nitrogen and oxygen atoms in total. The molecule has 134 valence electrons. The number of H-pyrrole nitrogens is 1. The van der Waals surface area contributed by atoms with Gasteiger partial charge in [-0.25, -0.2) is 4.79 Å². The van der Waals surface area contributed by atoms with E-state index < -0.39 is 0 Å². The molecule has 26 heavy (non-hydrogen) atoms. The molecular weight excluding hydrogens is 326 g/mol. The number of para-hydroxylation sites is 1. The zero-order valence-corrected chi connectivity index (χ0v) is 14.8. The number of hydrogen-bond donors (Lipinski definition) is 2. The summed E-state index contributed by atoms with van der Waals surface area (Å²) in [4.78, 5) is 17.8.